The van der Waals surface area contributed by atoms with Crippen LogP contribution in [0.5, 0.6) is 0 Å². The number of benzene rings is 4. The van der Waals surface area contributed by atoms with Crippen molar-refractivity contribution in [1.82, 2.24) is 9.97 Å². The van der Waals surface area contributed by atoms with Crippen LogP contribution in [-0.4, -0.2) is 9.97 Å². The molecule has 0 N–H and O–H groups in total. The van der Waals surface area contributed by atoms with E-state index in [9.17, 15) is 4.39 Å². The summed E-state index contributed by atoms with van der Waals surface area (Å²) in [5, 5.41) is 0. The van der Waals surface area contributed by atoms with Crippen molar-refractivity contribution in [2.24, 2.45) is 0 Å². The Morgan fingerprint density at radius 2 is 1.29 bits per heavy atom. The van der Waals surface area contributed by atoms with Crippen LogP contribution in [0.25, 0.3) is 33.6 Å². The van der Waals surface area contributed by atoms with Gasteiger partial charge in [-0.2, -0.15) is 0 Å². The van der Waals surface area contributed by atoms with Crippen molar-refractivity contribution in [2.75, 3.05) is 0 Å². The molecule has 1 radical (unpaired) electrons. The number of hydrogen-bond acceptors (Lipinski definition) is 2. The summed E-state index contributed by atoms with van der Waals surface area (Å²) in [6.07, 6.45) is 4.66. The number of hydrogen-bond donors (Lipinski definition) is 0. The van der Waals surface area contributed by atoms with Gasteiger partial charge >= 0.3 is 0 Å². The SMILES string of the molecule is Cc1cnc(-c2[c-]cc(F)cc2)cc1Cc1ccccc1.Cc1cnc(-c2[c-]cccc2)cc1-c1ccccc1.[Ir]. The largest absolute Gasteiger partial charge is 0.304 e. The van der Waals surface area contributed by atoms with Crippen molar-refractivity contribution < 1.29 is 24.5 Å². The van der Waals surface area contributed by atoms with Gasteiger partial charge in [0.1, 0.15) is 0 Å². The summed E-state index contributed by atoms with van der Waals surface area (Å²) in [4.78, 5) is 8.93. The van der Waals surface area contributed by atoms with E-state index in [0.29, 0.717) is 0 Å². The summed E-state index contributed by atoms with van der Waals surface area (Å²) in [5.41, 5.74) is 10.9. The fourth-order valence-electron chi connectivity index (χ4n) is 4.44. The Balaban J connectivity index is 0.000000185. The molecule has 4 heteroatoms. The van der Waals surface area contributed by atoms with Crippen LogP contribution in [0.4, 0.5) is 4.39 Å². The Morgan fingerprint density at radius 1 is 0.659 bits per heavy atom. The van der Waals surface area contributed by atoms with Gasteiger partial charge in [0.2, 0.25) is 0 Å². The second-order valence-corrected chi connectivity index (χ2v) is 9.61. The summed E-state index contributed by atoms with van der Waals surface area (Å²) < 4.78 is 13.0. The summed E-state index contributed by atoms with van der Waals surface area (Å²) in [7, 11) is 0. The molecular formula is C37H29FIrN2-2. The predicted molar refractivity (Wildman–Crippen MR) is 161 cm³/mol. The van der Waals surface area contributed by atoms with Gasteiger partial charge in [-0.25, -0.2) is 0 Å². The number of nitrogens with zero attached hydrogens (tertiary/aromatic N) is 2. The van der Waals surface area contributed by atoms with E-state index in [-0.39, 0.29) is 25.9 Å². The van der Waals surface area contributed by atoms with Crippen LogP contribution in [0.2, 0.25) is 0 Å². The minimum absolute atomic E-state index is 0. The summed E-state index contributed by atoms with van der Waals surface area (Å²) in [6.45, 7) is 4.15. The van der Waals surface area contributed by atoms with Crippen molar-refractivity contribution in [3.05, 3.63) is 168 Å². The molecule has 0 atom stereocenters. The average Bonchev–Trinajstić information content (AvgIpc) is 3.01. The third-order valence-electron chi connectivity index (χ3n) is 6.68. The zero-order chi connectivity index (χ0) is 27.7. The average molecular weight is 713 g/mol. The van der Waals surface area contributed by atoms with Crippen LogP contribution in [0.1, 0.15) is 22.3 Å². The van der Waals surface area contributed by atoms with E-state index in [2.05, 4.69) is 84.5 Å². The van der Waals surface area contributed by atoms with Crippen LogP contribution < -0.4 is 0 Å². The monoisotopic (exact) mass is 713 g/mol. The predicted octanol–water partition coefficient (Wildman–Crippen LogP) is 9.11. The Bertz CT molecular complexity index is 1670. The first-order valence-corrected chi connectivity index (χ1v) is 13.2. The Morgan fingerprint density at radius 3 is 1.95 bits per heavy atom. The first kappa shape index (κ1) is 29.7. The van der Waals surface area contributed by atoms with Gasteiger partial charge in [-0.15, -0.1) is 65.7 Å². The molecule has 0 aliphatic rings. The van der Waals surface area contributed by atoms with Gasteiger partial charge in [-0.05, 0) is 65.0 Å². The normalized spacial score (nSPS) is 10.2. The number of pyridine rings is 2. The molecule has 0 aliphatic heterocycles. The molecule has 6 rings (SSSR count). The molecule has 2 heterocycles. The molecule has 2 aromatic heterocycles. The maximum Gasteiger partial charge on any atom is 0.0379 e. The molecule has 205 valence electrons. The molecule has 0 amide bonds. The number of rotatable bonds is 5. The van der Waals surface area contributed by atoms with Gasteiger partial charge < -0.3 is 9.97 Å². The molecule has 41 heavy (non-hydrogen) atoms. The number of aromatic nitrogens is 2. The maximum atomic E-state index is 13.0. The molecule has 0 spiro atoms. The molecule has 0 saturated heterocycles. The van der Waals surface area contributed by atoms with Gasteiger partial charge in [-0.1, -0.05) is 72.8 Å². The second kappa shape index (κ2) is 14.4. The van der Waals surface area contributed by atoms with E-state index in [0.717, 1.165) is 34.5 Å². The van der Waals surface area contributed by atoms with Crippen molar-refractivity contribution >= 4 is 0 Å². The third-order valence-corrected chi connectivity index (χ3v) is 6.68. The first-order chi connectivity index (χ1) is 19.6. The van der Waals surface area contributed by atoms with Crippen LogP contribution in [0.3, 0.4) is 0 Å². The van der Waals surface area contributed by atoms with Crippen molar-refractivity contribution in [3.63, 3.8) is 0 Å². The van der Waals surface area contributed by atoms with Crippen LogP contribution in [0, 0.1) is 31.8 Å². The van der Waals surface area contributed by atoms with Gasteiger partial charge in [0.15, 0.2) is 0 Å². The van der Waals surface area contributed by atoms with Crippen molar-refractivity contribution in [3.8, 4) is 33.6 Å². The van der Waals surface area contributed by atoms with Gasteiger partial charge in [0, 0.05) is 38.3 Å². The molecule has 0 aliphatic carbocycles. The van der Waals surface area contributed by atoms with Crippen LogP contribution in [-0.2, 0) is 26.5 Å². The fraction of sp³-hybridized carbons (Fsp3) is 0.0811. The standard InChI is InChI=1S/C19H15FN.C18H14N.Ir/c1-14-13-21-19(16-7-9-18(20)10-8-16)12-17(14)11-15-5-3-2-4-6-15;1-14-13-19-18(16-10-6-3-7-11-16)12-17(14)15-8-4-2-5-9-15;/h2-7,9-10,12-13H,11H2,1H3;2-10,12-13H,1H3;/q2*-1;. The van der Waals surface area contributed by atoms with Gasteiger partial charge in [0.05, 0.1) is 0 Å². The quantitative estimate of drug-likeness (QED) is 0.167. The van der Waals surface area contributed by atoms with Gasteiger partial charge in [0.25, 0.3) is 0 Å². The molecule has 0 fully saturated rings. The minimum atomic E-state index is -0.282. The summed E-state index contributed by atoms with van der Waals surface area (Å²) in [5.74, 6) is -0.282. The minimum Gasteiger partial charge on any atom is -0.304 e. The molecule has 4 aromatic carbocycles. The third kappa shape index (κ3) is 7.91. The summed E-state index contributed by atoms with van der Waals surface area (Å²) >= 11 is 0. The number of halogens is 1. The van der Waals surface area contributed by atoms with E-state index in [1.807, 2.05) is 60.9 Å². The molecule has 6 aromatic rings. The molecular weight excluding hydrogens is 684 g/mol. The molecule has 2 nitrogen and oxygen atoms in total. The summed E-state index contributed by atoms with van der Waals surface area (Å²) in [6, 6.07) is 43.5. The Kier molecular flexibility index (Phi) is 10.4. The van der Waals surface area contributed by atoms with E-state index < -0.39 is 0 Å². The van der Waals surface area contributed by atoms with Crippen molar-refractivity contribution in [2.45, 2.75) is 20.3 Å². The number of aryl methyl sites for hydroxylation is 2. The fourth-order valence-corrected chi connectivity index (χ4v) is 4.44. The van der Waals surface area contributed by atoms with Crippen molar-refractivity contribution in [1.29, 1.82) is 0 Å². The molecule has 0 bridgehead atoms. The van der Waals surface area contributed by atoms with Crippen LogP contribution >= 0.6 is 0 Å². The Hall–Kier alpha value is -4.24. The zero-order valence-electron chi connectivity index (χ0n) is 22.9. The smallest absolute Gasteiger partial charge is 0.0379 e. The van der Waals surface area contributed by atoms with E-state index in [1.54, 1.807) is 6.07 Å². The maximum absolute atomic E-state index is 13.0. The Labute approximate surface area is 255 Å². The van der Waals surface area contributed by atoms with E-state index in [4.69, 9.17) is 0 Å². The molecule has 0 unspecified atom stereocenters. The topological polar surface area (TPSA) is 25.8 Å². The zero-order valence-corrected chi connectivity index (χ0v) is 25.3. The van der Waals surface area contributed by atoms with Crippen LogP contribution in [0.15, 0.2) is 128 Å². The van der Waals surface area contributed by atoms with E-state index >= 15 is 0 Å². The first-order valence-electron chi connectivity index (χ1n) is 13.2. The molecule has 0 saturated carbocycles. The van der Waals surface area contributed by atoms with Gasteiger partial charge in [-0.3, -0.25) is 4.39 Å². The van der Waals surface area contributed by atoms with E-state index in [1.165, 1.54) is 39.9 Å². The second-order valence-electron chi connectivity index (χ2n) is 9.61.